The number of nitrogens with zero attached hydrogens (tertiary/aromatic N) is 3. The van der Waals surface area contributed by atoms with Gasteiger partial charge in [-0.05, 0) is 30.7 Å². The summed E-state index contributed by atoms with van der Waals surface area (Å²) in [5, 5.41) is 6.18. The fourth-order valence-electron chi connectivity index (χ4n) is 2.44. The summed E-state index contributed by atoms with van der Waals surface area (Å²) in [5.74, 6) is 1.26. The van der Waals surface area contributed by atoms with Crippen molar-refractivity contribution >= 4 is 23.2 Å². The number of anilines is 3. The Morgan fingerprint density at radius 1 is 1.43 bits per heavy atom. The quantitative estimate of drug-likeness (QED) is 0.881. The number of fused-ring (bicyclic) bond motifs is 1. The van der Waals surface area contributed by atoms with Crippen LogP contribution in [0.4, 0.5) is 17.3 Å². The number of hydrogen-bond acceptors (Lipinski definition) is 5. The van der Waals surface area contributed by atoms with Crippen molar-refractivity contribution in [1.29, 1.82) is 0 Å². The summed E-state index contributed by atoms with van der Waals surface area (Å²) in [6, 6.07) is 5.53. The fraction of sp³-hybridized carbons (Fsp3) is 0.267. The average Bonchev–Trinajstić information content (AvgIpc) is 2.53. The Kier molecular flexibility index (Phi) is 3.43. The molecule has 0 atom stereocenters. The molecule has 0 bridgehead atoms. The second-order valence-corrected chi connectivity index (χ2v) is 4.91. The molecule has 3 rings (SSSR count). The van der Waals surface area contributed by atoms with Crippen molar-refractivity contribution in [2.24, 2.45) is 0 Å². The standard InChI is InChI=1S/C15H17N5O/c1-10-8-12-14(19-9-10)18-6-7-20(12)15(21)11-4-3-5-17-13(11)16-2/h3-5,8-9H,6-7H2,1-2H3,(H,16,17)(H,18,19). The monoisotopic (exact) mass is 283 g/mol. The maximum atomic E-state index is 12.8. The summed E-state index contributed by atoms with van der Waals surface area (Å²) in [6.07, 6.45) is 3.46. The minimum atomic E-state index is -0.0670. The lowest BCUT2D eigenvalue weighted by Gasteiger charge is -2.30. The molecule has 0 saturated heterocycles. The predicted octanol–water partition coefficient (Wildman–Crippen LogP) is 1.90. The van der Waals surface area contributed by atoms with Crippen molar-refractivity contribution in [1.82, 2.24) is 9.97 Å². The van der Waals surface area contributed by atoms with Gasteiger partial charge < -0.3 is 15.5 Å². The highest BCUT2D eigenvalue weighted by Crippen LogP contribution is 2.29. The molecule has 0 aromatic carbocycles. The van der Waals surface area contributed by atoms with Crippen molar-refractivity contribution < 1.29 is 4.79 Å². The topological polar surface area (TPSA) is 70.2 Å². The van der Waals surface area contributed by atoms with E-state index in [0.29, 0.717) is 24.5 Å². The number of rotatable bonds is 2. The lowest BCUT2D eigenvalue weighted by molar-refractivity contribution is 0.0987. The Morgan fingerprint density at radius 2 is 2.29 bits per heavy atom. The van der Waals surface area contributed by atoms with E-state index < -0.39 is 0 Å². The summed E-state index contributed by atoms with van der Waals surface area (Å²) >= 11 is 0. The van der Waals surface area contributed by atoms with Gasteiger partial charge in [0.1, 0.15) is 11.6 Å². The molecule has 0 fully saturated rings. The van der Waals surface area contributed by atoms with Crippen LogP contribution in [0.5, 0.6) is 0 Å². The molecule has 108 valence electrons. The fourth-order valence-corrected chi connectivity index (χ4v) is 2.44. The predicted molar refractivity (Wildman–Crippen MR) is 82.9 cm³/mol. The van der Waals surface area contributed by atoms with Crippen LogP contribution < -0.4 is 15.5 Å². The van der Waals surface area contributed by atoms with Crippen LogP contribution in [0.15, 0.2) is 30.6 Å². The van der Waals surface area contributed by atoms with E-state index in [9.17, 15) is 4.79 Å². The molecule has 6 nitrogen and oxygen atoms in total. The van der Waals surface area contributed by atoms with Gasteiger partial charge in [-0.2, -0.15) is 0 Å². The zero-order chi connectivity index (χ0) is 14.8. The van der Waals surface area contributed by atoms with E-state index in [2.05, 4.69) is 20.6 Å². The second kappa shape index (κ2) is 5.40. The van der Waals surface area contributed by atoms with Crippen LogP contribution in [0.1, 0.15) is 15.9 Å². The zero-order valence-electron chi connectivity index (χ0n) is 12.1. The summed E-state index contributed by atoms with van der Waals surface area (Å²) in [5.41, 5.74) is 2.40. The van der Waals surface area contributed by atoms with E-state index in [4.69, 9.17) is 0 Å². The second-order valence-electron chi connectivity index (χ2n) is 4.91. The number of nitrogens with one attached hydrogen (secondary N) is 2. The molecule has 3 heterocycles. The summed E-state index contributed by atoms with van der Waals surface area (Å²) in [4.78, 5) is 23.1. The Balaban J connectivity index is 2.02. The average molecular weight is 283 g/mol. The first kappa shape index (κ1) is 13.4. The molecule has 2 N–H and O–H groups in total. The molecule has 0 unspecified atom stereocenters. The normalized spacial score (nSPS) is 13.3. The lowest BCUT2D eigenvalue weighted by atomic mass is 10.1. The Morgan fingerprint density at radius 3 is 3.10 bits per heavy atom. The molecule has 0 radical (unpaired) electrons. The van der Waals surface area contributed by atoms with Gasteiger partial charge in [0.25, 0.3) is 5.91 Å². The van der Waals surface area contributed by atoms with Crippen molar-refractivity contribution in [2.75, 3.05) is 35.7 Å². The summed E-state index contributed by atoms with van der Waals surface area (Å²) in [6.45, 7) is 3.26. The largest absolute Gasteiger partial charge is 0.372 e. The molecule has 2 aromatic heterocycles. The smallest absolute Gasteiger partial charge is 0.262 e. The maximum absolute atomic E-state index is 12.8. The molecule has 6 heteroatoms. The van der Waals surface area contributed by atoms with Crippen LogP contribution in [-0.2, 0) is 0 Å². The highest BCUT2D eigenvalue weighted by atomic mass is 16.2. The number of carbonyl (C=O) groups excluding carboxylic acids is 1. The maximum Gasteiger partial charge on any atom is 0.262 e. The third kappa shape index (κ3) is 2.40. The molecule has 1 amide bonds. The Bertz CT molecular complexity index is 686. The molecule has 2 aromatic rings. The van der Waals surface area contributed by atoms with E-state index in [1.807, 2.05) is 13.0 Å². The SMILES string of the molecule is CNc1ncccc1C(=O)N1CCNc2ncc(C)cc21. The van der Waals surface area contributed by atoms with Gasteiger partial charge in [-0.25, -0.2) is 9.97 Å². The molecule has 1 aliphatic rings. The third-order valence-corrected chi connectivity index (χ3v) is 3.44. The van der Waals surface area contributed by atoms with Crippen molar-refractivity contribution in [3.05, 3.63) is 41.7 Å². The third-order valence-electron chi connectivity index (χ3n) is 3.44. The van der Waals surface area contributed by atoms with E-state index in [0.717, 1.165) is 17.1 Å². The minimum absolute atomic E-state index is 0.0670. The number of pyridine rings is 2. The zero-order valence-corrected chi connectivity index (χ0v) is 12.1. The van der Waals surface area contributed by atoms with Gasteiger partial charge in [0.15, 0.2) is 0 Å². The van der Waals surface area contributed by atoms with Crippen molar-refractivity contribution in [2.45, 2.75) is 6.92 Å². The van der Waals surface area contributed by atoms with Crippen LogP contribution in [0.3, 0.4) is 0 Å². The highest BCUT2D eigenvalue weighted by molar-refractivity contribution is 6.10. The molecular weight excluding hydrogens is 266 g/mol. The Labute approximate surface area is 123 Å². The molecular formula is C15H17N5O. The van der Waals surface area contributed by atoms with Gasteiger partial charge in [-0.3, -0.25) is 4.79 Å². The van der Waals surface area contributed by atoms with Gasteiger partial charge in [0.2, 0.25) is 0 Å². The lowest BCUT2D eigenvalue weighted by Crippen LogP contribution is -2.39. The van der Waals surface area contributed by atoms with Crippen molar-refractivity contribution in [3.63, 3.8) is 0 Å². The van der Waals surface area contributed by atoms with Gasteiger partial charge in [-0.15, -0.1) is 0 Å². The minimum Gasteiger partial charge on any atom is -0.372 e. The van der Waals surface area contributed by atoms with Crippen LogP contribution in [0.25, 0.3) is 0 Å². The van der Waals surface area contributed by atoms with Gasteiger partial charge in [0, 0.05) is 32.5 Å². The van der Waals surface area contributed by atoms with Gasteiger partial charge >= 0.3 is 0 Å². The first-order valence-corrected chi connectivity index (χ1v) is 6.86. The van der Waals surface area contributed by atoms with E-state index in [1.165, 1.54) is 0 Å². The number of amides is 1. The first-order valence-electron chi connectivity index (χ1n) is 6.86. The van der Waals surface area contributed by atoms with Crippen LogP contribution in [0.2, 0.25) is 0 Å². The van der Waals surface area contributed by atoms with Gasteiger partial charge in [-0.1, -0.05) is 0 Å². The van der Waals surface area contributed by atoms with E-state index in [-0.39, 0.29) is 5.91 Å². The summed E-state index contributed by atoms with van der Waals surface area (Å²) < 4.78 is 0. The highest BCUT2D eigenvalue weighted by Gasteiger charge is 2.26. The van der Waals surface area contributed by atoms with E-state index >= 15 is 0 Å². The number of hydrogen-bond donors (Lipinski definition) is 2. The summed E-state index contributed by atoms with van der Waals surface area (Å²) in [7, 11) is 1.76. The number of aryl methyl sites for hydroxylation is 1. The molecule has 1 aliphatic heterocycles. The molecule has 0 spiro atoms. The molecule has 0 aliphatic carbocycles. The van der Waals surface area contributed by atoms with Crippen LogP contribution in [-0.4, -0.2) is 36.0 Å². The first-order chi connectivity index (χ1) is 10.2. The molecule has 21 heavy (non-hydrogen) atoms. The van der Waals surface area contributed by atoms with Crippen LogP contribution in [0, 0.1) is 6.92 Å². The molecule has 0 saturated carbocycles. The Hall–Kier alpha value is -2.63. The van der Waals surface area contributed by atoms with Gasteiger partial charge in [0.05, 0.1) is 11.3 Å². The van der Waals surface area contributed by atoms with Crippen LogP contribution >= 0.6 is 0 Å². The van der Waals surface area contributed by atoms with Crippen molar-refractivity contribution in [3.8, 4) is 0 Å². The number of aromatic nitrogens is 2. The number of carbonyl (C=O) groups is 1. The van der Waals surface area contributed by atoms with E-state index in [1.54, 1.807) is 36.5 Å².